The first-order valence-corrected chi connectivity index (χ1v) is 7.57. The van der Waals surface area contributed by atoms with Gasteiger partial charge in [0.2, 0.25) is 0 Å². The molecule has 0 aliphatic heterocycles. The number of benzene rings is 3. The molecule has 3 rings (SSSR count). The molecule has 3 heteroatoms. The lowest BCUT2D eigenvalue weighted by molar-refractivity contribution is -0.144. The lowest BCUT2D eigenvalue weighted by Gasteiger charge is -2.17. The molecule has 0 aliphatic carbocycles. The van der Waals surface area contributed by atoms with Gasteiger partial charge in [-0.1, -0.05) is 60.7 Å². The summed E-state index contributed by atoms with van der Waals surface area (Å²) >= 11 is 0. The molecule has 0 saturated heterocycles. The first kappa shape index (κ1) is 15.1. The van der Waals surface area contributed by atoms with Crippen LogP contribution in [0.25, 0.3) is 10.8 Å². The van der Waals surface area contributed by atoms with E-state index in [1.54, 1.807) is 0 Å². The van der Waals surface area contributed by atoms with Crippen molar-refractivity contribution in [2.45, 2.75) is 19.4 Å². The molecule has 1 N–H and O–H groups in total. The minimum Gasteiger partial charge on any atom is -0.478 e. The standard InChI is InChI=1S/C20H18O3/c1-14-7-2-3-9-16(14)13-19(20(21)22)23-18-12-6-10-15-8-4-5-11-17(15)18/h2-12,19H,13H2,1H3,(H,21,22). The molecule has 3 aromatic rings. The van der Waals surface area contributed by atoms with E-state index in [2.05, 4.69) is 0 Å². The fourth-order valence-electron chi connectivity index (χ4n) is 2.67. The van der Waals surface area contributed by atoms with Gasteiger partial charge in [0.25, 0.3) is 0 Å². The van der Waals surface area contributed by atoms with Gasteiger partial charge in [-0.25, -0.2) is 4.79 Å². The second-order valence-corrected chi connectivity index (χ2v) is 5.55. The van der Waals surface area contributed by atoms with Gasteiger partial charge >= 0.3 is 5.97 Å². The topological polar surface area (TPSA) is 46.5 Å². The summed E-state index contributed by atoms with van der Waals surface area (Å²) in [5.74, 6) is -0.356. The number of rotatable bonds is 5. The van der Waals surface area contributed by atoms with E-state index < -0.39 is 12.1 Å². The quantitative estimate of drug-likeness (QED) is 0.767. The first-order chi connectivity index (χ1) is 11.1. The molecule has 0 heterocycles. The van der Waals surface area contributed by atoms with Crippen LogP contribution in [0, 0.1) is 6.92 Å². The molecule has 3 aromatic carbocycles. The lowest BCUT2D eigenvalue weighted by Crippen LogP contribution is -2.29. The Labute approximate surface area is 135 Å². The van der Waals surface area contributed by atoms with Crippen molar-refractivity contribution in [3.8, 4) is 5.75 Å². The minimum atomic E-state index is -0.957. The van der Waals surface area contributed by atoms with Crippen LogP contribution < -0.4 is 4.74 Å². The Balaban J connectivity index is 1.90. The second-order valence-electron chi connectivity index (χ2n) is 5.55. The van der Waals surface area contributed by atoms with Crippen LogP contribution in [0.2, 0.25) is 0 Å². The van der Waals surface area contributed by atoms with E-state index >= 15 is 0 Å². The summed E-state index contributed by atoms with van der Waals surface area (Å²) in [7, 11) is 0. The molecule has 0 amide bonds. The SMILES string of the molecule is Cc1ccccc1CC(Oc1cccc2ccccc12)C(=O)O. The third-order valence-electron chi connectivity index (χ3n) is 3.96. The van der Waals surface area contributed by atoms with E-state index in [0.717, 1.165) is 21.9 Å². The maximum Gasteiger partial charge on any atom is 0.345 e. The van der Waals surface area contributed by atoms with Gasteiger partial charge in [0, 0.05) is 11.8 Å². The molecular formula is C20H18O3. The maximum atomic E-state index is 11.6. The van der Waals surface area contributed by atoms with Gasteiger partial charge in [-0.05, 0) is 29.5 Å². The molecule has 23 heavy (non-hydrogen) atoms. The number of carbonyl (C=O) groups is 1. The minimum absolute atomic E-state index is 0.339. The highest BCUT2D eigenvalue weighted by Crippen LogP contribution is 2.27. The largest absolute Gasteiger partial charge is 0.478 e. The third-order valence-corrected chi connectivity index (χ3v) is 3.96. The smallest absolute Gasteiger partial charge is 0.345 e. The van der Waals surface area contributed by atoms with Crippen LogP contribution in [0.1, 0.15) is 11.1 Å². The van der Waals surface area contributed by atoms with Crippen molar-refractivity contribution in [3.63, 3.8) is 0 Å². The Bertz CT molecular complexity index is 834. The van der Waals surface area contributed by atoms with Crippen molar-refractivity contribution in [2.24, 2.45) is 0 Å². The van der Waals surface area contributed by atoms with Gasteiger partial charge in [-0.15, -0.1) is 0 Å². The van der Waals surface area contributed by atoms with Crippen LogP contribution in [0.5, 0.6) is 5.75 Å². The normalized spacial score (nSPS) is 12.0. The highest BCUT2D eigenvalue weighted by atomic mass is 16.5. The van der Waals surface area contributed by atoms with Gasteiger partial charge < -0.3 is 9.84 Å². The van der Waals surface area contributed by atoms with Crippen LogP contribution in [-0.2, 0) is 11.2 Å². The summed E-state index contributed by atoms with van der Waals surface area (Å²) in [5.41, 5.74) is 2.06. The molecule has 1 atom stereocenters. The van der Waals surface area contributed by atoms with E-state index in [0.29, 0.717) is 12.2 Å². The number of carboxylic acid groups (broad SMARTS) is 1. The molecule has 0 bridgehead atoms. The van der Waals surface area contributed by atoms with Crippen LogP contribution in [0.3, 0.4) is 0 Å². The number of ether oxygens (including phenoxy) is 1. The Hall–Kier alpha value is -2.81. The zero-order chi connectivity index (χ0) is 16.2. The van der Waals surface area contributed by atoms with Gasteiger partial charge in [0.1, 0.15) is 5.75 Å². The van der Waals surface area contributed by atoms with E-state index in [1.165, 1.54) is 0 Å². The number of fused-ring (bicyclic) bond motifs is 1. The highest BCUT2D eigenvalue weighted by Gasteiger charge is 2.21. The van der Waals surface area contributed by atoms with Crippen molar-refractivity contribution in [3.05, 3.63) is 77.9 Å². The van der Waals surface area contributed by atoms with E-state index in [4.69, 9.17) is 4.74 Å². The zero-order valence-corrected chi connectivity index (χ0v) is 12.9. The summed E-state index contributed by atoms with van der Waals surface area (Å²) in [6.07, 6.45) is -0.576. The van der Waals surface area contributed by atoms with Gasteiger partial charge in [0.05, 0.1) is 0 Å². The molecule has 0 radical (unpaired) electrons. The number of aryl methyl sites for hydroxylation is 1. The van der Waals surface area contributed by atoms with Gasteiger partial charge in [-0.3, -0.25) is 0 Å². The number of carboxylic acids is 1. The predicted octanol–water partition coefficient (Wildman–Crippen LogP) is 4.22. The van der Waals surface area contributed by atoms with Crippen molar-refractivity contribution in [1.29, 1.82) is 0 Å². The summed E-state index contributed by atoms with van der Waals surface area (Å²) < 4.78 is 5.85. The van der Waals surface area contributed by atoms with Crippen molar-refractivity contribution < 1.29 is 14.6 Å². The summed E-state index contributed by atoms with van der Waals surface area (Å²) in [6.45, 7) is 1.98. The lowest BCUT2D eigenvalue weighted by atomic mass is 10.0. The predicted molar refractivity (Wildman–Crippen MR) is 90.9 cm³/mol. The Morgan fingerprint density at radius 3 is 2.48 bits per heavy atom. The fraction of sp³-hybridized carbons (Fsp3) is 0.150. The Morgan fingerprint density at radius 2 is 1.70 bits per heavy atom. The maximum absolute atomic E-state index is 11.6. The van der Waals surface area contributed by atoms with Crippen LogP contribution in [-0.4, -0.2) is 17.2 Å². The van der Waals surface area contributed by atoms with Crippen molar-refractivity contribution in [2.75, 3.05) is 0 Å². The zero-order valence-electron chi connectivity index (χ0n) is 12.9. The van der Waals surface area contributed by atoms with Crippen molar-refractivity contribution >= 4 is 16.7 Å². The van der Waals surface area contributed by atoms with Crippen LogP contribution in [0.15, 0.2) is 66.7 Å². The Morgan fingerprint density at radius 1 is 1.00 bits per heavy atom. The molecule has 0 saturated carbocycles. The summed E-state index contributed by atoms with van der Waals surface area (Å²) in [6, 6.07) is 21.3. The second kappa shape index (κ2) is 6.53. The molecule has 116 valence electrons. The van der Waals surface area contributed by atoms with Gasteiger partial charge in [0.15, 0.2) is 6.10 Å². The average molecular weight is 306 g/mol. The van der Waals surface area contributed by atoms with E-state index in [1.807, 2.05) is 73.7 Å². The average Bonchev–Trinajstić information content (AvgIpc) is 2.56. The number of aliphatic carboxylic acids is 1. The van der Waals surface area contributed by atoms with E-state index in [9.17, 15) is 9.90 Å². The molecule has 0 fully saturated rings. The monoisotopic (exact) mass is 306 g/mol. The molecule has 1 unspecified atom stereocenters. The van der Waals surface area contributed by atoms with E-state index in [-0.39, 0.29) is 0 Å². The third kappa shape index (κ3) is 3.34. The Kier molecular flexibility index (Phi) is 4.29. The van der Waals surface area contributed by atoms with Crippen molar-refractivity contribution in [1.82, 2.24) is 0 Å². The molecular weight excluding hydrogens is 288 g/mol. The highest BCUT2D eigenvalue weighted by molar-refractivity contribution is 5.88. The first-order valence-electron chi connectivity index (χ1n) is 7.57. The van der Waals surface area contributed by atoms with Crippen LogP contribution >= 0.6 is 0 Å². The summed E-state index contributed by atoms with van der Waals surface area (Å²) in [4.78, 5) is 11.6. The van der Waals surface area contributed by atoms with Gasteiger partial charge in [-0.2, -0.15) is 0 Å². The molecule has 0 aliphatic rings. The van der Waals surface area contributed by atoms with Crippen LogP contribution in [0.4, 0.5) is 0 Å². The fourth-order valence-corrected chi connectivity index (χ4v) is 2.67. The molecule has 0 spiro atoms. The molecule has 3 nitrogen and oxygen atoms in total. The molecule has 0 aromatic heterocycles. The summed E-state index contributed by atoms with van der Waals surface area (Å²) in [5, 5.41) is 11.5. The number of hydrogen-bond donors (Lipinski definition) is 1. The number of hydrogen-bond acceptors (Lipinski definition) is 2.